The van der Waals surface area contributed by atoms with Crippen molar-refractivity contribution in [3.8, 4) is 0 Å². The Morgan fingerprint density at radius 2 is 2.25 bits per heavy atom. The number of thioether (sulfide) groups is 1. The first-order valence-electron chi connectivity index (χ1n) is 4.12. The maximum absolute atomic E-state index is 11.6. The molecule has 12 heavy (non-hydrogen) atoms. The zero-order valence-corrected chi connectivity index (χ0v) is 9.46. The first kappa shape index (κ1) is 10.5. The third kappa shape index (κ3) is 2.24. The van der Waals surface area contributed by atoms with Crippen LogP contribution in [0.1, 0.15) is 20.3 Å². The summed E-state index contributed by atoms with van der Waals surface area (Å²) in [5.41, 5.74) is -0.254. The molecule has 1 aliphatic heterocycles. The highest BCUT2D eigenvalue weighted by molar-refractivity contribution is 8.12. The number of hydrogen-bond acceptors (Lipinski definition) is 3. The molecular weight excluding hydrogens is 192 g/mol. The molecule has 4 heteroatoms. The zero-order chi connectivity index (χ0) is 9.19. The van der Waals surface area contributed by atoms with Crippen LogP contribution < -0.4 is 0 Å². The lowest BCUT2D eigenvalue weighted by molar-refractivity contribution is 0.0364. The molecule has 2 nitrogen and oxygen atoms in total. The maximum Gasteiger partial charge on any atom is 0.108 e. The average Bonchev–Trinajstić information content (AvgIpc) is 2.05. The van der Waals surface area contributed by atoms with E-state index in [2.05, 4.69) is 0 Å². The molecule has 0 saturated carbocycles. The van der Waals surface area contributed by atoms with Gasteiger partial charge in [-0.15, -0.1) is 11.8 Å². The summed E-state index contributed by atoms with van der Waals surface area (Å²) in [5.74, 6) is 1.95. The van der Waals surface area contributed by atoms with Gasteiger partial charge in [0.15, 0.2) is 0 Å². The van der Waals surface area contributed by atoms with E-state index in [-0.39, 0.29) is 10.2 Å². The largest absolute Gasteiger partial charge is 0.377 e. The van der Waals surface area contributed by atoms with Gasteiger partial charge >= 0.3 is 0 Å². The van der Waals surface area contributed by atoms with Crippen molar-refractivity contribution in [1.82, 2.24) is 0 Å². The fourth-order valence-corrected chi connectivity index (χ4v) is 4.95. The van der Waals surface area contributed by atoms with Gasteiger partial charge in [0.1, 0.15) is 4.58 Å². The van der Waals surface area contributed by atoms with Crippen molar-refractivity contribution >= 4 is 22.6 Å². The van der Waals surface area contributed by atoms with E-state index < -0.39 is 10.8 Å². The summed E-state index contributed by atoms with van der Waals surface area (Å²) in [4.78, 5) is 0. The van der Waals surface area contributed by atoms with E-state index in [0.717, 1.165) is 17.9 Å². The van der Waals surface area contributed by atoms with Crippen LogP contribution in [0.4, 0.5) is 0 Å². The van der Waals surface area contributed by atoms with Crippen molar-refractivity contribution < 1.29 is 8.95 Å². The Bertz CT molecular complexity index is 180. The molecule has 2 atom stereocenters. The SMILES string of the molecule is COC(C)(C)[C@H]1SCCC[S@@]1=O. The third-order valence-electron chi connectivity index (χ3n) is 2.09. The summed E-state index contributed by atoms with van der Waals surface area (Å²) >= 11 is 1.78. The van der Waals surface area contributed by atoms with Crippen molar-refractivity contribution in [1.29, 1.82) is 0 Å². The molecular formula is C8H16O2S2. The van der Waals surface area contributed by atoms with Crippen LogP contribution in [0.3, 0.4) is 0 Å². The standard InChI is InChI=1S/C8H16O2S2/c1-8(2,10-3)7-11-5-4-6-12(7)9/h7H,4-6H2,1-3H3/t7-,12-/m0/s1. The van der Waals surface area contributed by atoms with Crippen LogP contribution in [-0.4, -0.2) is 33.0 Å². The summed E-state index contributed by atoms with van der Waals surface area (Å²) in [6.07, 6.45) is 1.08. The lowest BCUT2D eigenvalue weighted by Gasteiger charge is -2.34. The van der Waals surface area contributed by atoms with Crippen LogP contribution in [0.2, 0.25) is 0 Å². The fourth-order valence-electron chi connectivity index (χ4n) is 1.19. The van der Waals surface area contributed by atoms with Crippen molar-refractivity contribution in [3.63, 3.8) is 0 Å². The van der Waals surface area contributed by atoms with Crippen LogP contribution in [0.15, 0.2) is 0 Å². The van der Waals surface area contributed by atoms with Crippen LogP contribution >= 0.6 is 11.8 Å². The monoisotopic (exact) mass is 208 g/mol. The minimum absolute atomic E-state index is 0.149. The Morgan fingerprint density at radius 1 is 1.58 bits per heavy atom. The molecule has 0 aromatic carbocycles. The van der Waals surface area contributed by atoms with Gasteiger partial charge in [-0.05, 0) is 26.0 Å². The molecule has 0 amide bonds. The summed E-state index contributed by atoms with van der Waals surface area (Å²) in [6, 6.07) is 0. The Kier molecular flexibility index (Phi) is 3.61. The predicted molar refractivity (Wildman–Crippen MR) is 55.0 cm³/mol. The van der Waals surface area contributed by atoms with Gasteiger partial charge in [0.2, 0.25) is 0 Å². The molecule has 0 aliphatic carbocycles. The normalized spacial score (nSPS) is 31.9. The highest BCUT2D eigenvalue weighted by atomic mass is 32.2. The Labute approximate surface area is 80.9 Å². The molecule has 1 fully saturated rings. The first-order chi connectivity index (χ1) is 5.58. The molecule has 0 spiro atoms. The van der Waals surface area contributed by atoms with Crippen molar-refractivity contribution in [2.24, 2.45) is 0 Å². The molecule has 0 aromatic rings. The number of rotatable bonds is 2. The van der Waals surface area contributed by atoms with Crippen LogP contribution in [0.25, 0.3) is 0 Å². The van der Waals surface area contributed by atoms with E-state index in [0.29, 0.717) is 0 Å². The lowest BCUT2D eigenvalue weighted by Crippen LogP contribution is -2.41. The topological polar surface area (TPSA) is 26.3 Å². The van der Waals surface area contributed by atoms with Gasteiger partial charge in [0, 0.05) is 23.7 Å². The molecule has 0 N–H and O–H groups in total. The number of hydrogen-bond donors (Lipinski definition) is 0. The Hall–Kier alpha value is 0.460. The third-order valence-corrected chi connectivity index (χ3v) is 6.27. The summed E-state index contributed by atoms with van der Waals surface area (Å²) in [5, 5.41) is 0. The van der Waals surface area contributed by atoms with E-state index in [1.54, 1.807) is 18.9 Å². The van der Waals surface area contributed by atoms with Gasteiger partial charge in [-0.1, -0.05) is 0 Å². The van der Waals surface area contributed by atoms with E-state index >= 15 is 0 Å². The van der Waals surface area contributed by atoms with Crippen LogP contribution in [0.5, 0.6) is 0 Å². The van der Waals surface area contributed by atoms with Gasteiger partial charge in [-0.2, -0.15) is 0 Å². The second kappa shape index (κ2) is 4.11. The molecule has 0 unspecified atom stereocenters. The molecule has 1 aliphatic rings. The Balaban J connectivity index is 2.65. The number of ether oxygens (including phenoxy) is 1. The molecule has 0 aromatic heterocycles. The van der Waals surface area contributed by atoms with Gasteiger partial charge in [-0.25, -0.2) is 0 Å². The minimum atomic E-state index is -0.709. The summed E-state index contributed by atoms with van der Waals surface area (Å²) < 4.78 is 17.1. The van der Waals surface area contributed by atoms with Crippen molar-refractivity contribution in [2.45, 2.75) is 30.5 Å². The van der Waals surface area contributed by atoms with Crippen molar-refractivity contribution in [3.05, 3.63) is 0 Å². The van der Waals surface area contributed by atoms with Crippen LogP contribution in [0, 0.1) is 0 Å². The highest BCUT2D eigenvalue weighted by Crippen LogP contribution is 2.32. The summed E-state index contributed by atoms with van der Waals surface area (Å²) in [6.45, 7) is 4.02. The van der Waals surface area contributed by atoms with E-state index in [1.165, 1.54) is 0 Å². The maximum atomic E-state index is 11.6. The highest BCUT2D eigenvalue weighted by Gasteiger charge is 2.36. The summed E-state index contributed by atoms with van der Waals surface area (Å²) in [7, 11) is 0.978. The van der Waals surface area contributed by atoms with Gasteiger partial charge < -0.3 is 4.74 Å². The number of methoxy groups -OCH3 is 1. The van der Waals surface area contributed by atoms with E-state index in [9.17, 15) is 4.21 Å². The average molecular weight is 208 g/mol. The van der Waals surface area contributed by atoms with Gasteiger partial charge in [-0.3, -0.25) is 4.21 Å². The molecule has 72 valence electrons. The quantitative estimate of drug-likeness (QED) is 0.690. The van der Waals surface area contributed by atoms with Gasteiger partial charge in [0.05, 0.1) is 5.60 Å². The smallest absolute Gasteiger partial charge is 0.108 e. The molecule has 1 heterocycles. The second-order valence-corrected chi connectivity index (χ2v) is 6.60. The molecule has 1 rings (SSSR count). The first-order valence-corrected chi connectivity index (χ1v) is 6.55. The second-order valence-electron chi connectivity index (χ2n) is 3.45. The molecule has 1 saturated heterocycles. The van der Waals surface area contributed by atoms with Crippen molar-refractivity contribution in [2.75, 3.05) is 18.6 Å². The molecule has 0 bridgehead atoms. The zero-order valence-electron chi connectivity index (χ0n) is 7.83. The van der Waals surface area contributed by atoms with Crippen LogP contribution in [-0.2, 0) is 15.5 Å². The predicted octanol–water partition coefficient (Wildman–Crippen LogP) is 1.62. The van der Waals surface area contributed by atoms with E-state index in [1.807, 2.05) is 13.8 Å². The molecule has 0 radical (unpaired) electrons. The Morgan fingerprint density at radius 3 is 2.75 bits per heavy atom. The lowest BCUT2D eigenvalue weighted by atomic mass is 10.2. The minimum Gasteiger partial charge on any atom is -0.377 e. The van der Waals surface area contributed by atoms with E-state index in [4.69, 9.17) is 4.74 Å². The van der Waals surface area contributed by atoms with Gasteiger partial charge in [0.25, 0.3) is 0 Å². The fraction of sp³-hybridized carbons (Fsp3) is 1.00.